The molecule has 1 aromatic rings. The van der Waals surface area contributed by atoms with E-state index in [1.54, 1.807) is 0 Å². The average Bonchev–Trinajstić information content (AvgIpc) is 2.28. The predicted molar refractivity (Wildman–Crippen MR) is 73.5 cm³/mol. The average molecular weight is 256 g/mol. The lowest BCUT2D eigenvalue weighted by Crippen LogP contribution is -2.37. The molecule has 0 unspecified atom stereocenters. The quantitative estimate of drug-likeness (QED) is 0.752. The SMILES string of the molecule is CCCNCC(C)(C)OCc1ccccc1Cl. The van der Waals surface area contributed by atoms with Crippen LogP contribution in [0.1, 0.15) is 32.8 Å². The highest BCUT2D eigenvalue weighted by Crippen LogP contribution is 2.19. The van der Waals surface area contributed by atoms with Crippen LogP contribution in [0.4, 0.5) is 0 Å². The fraction of sp³-hybridized carbons (Fsp3) is 0.571. The molecular formula is C14H22ClNO. The van der Waals surface area contributed by atoms with E-state index in [1.807, 2.05) is 24.3 Å². The summed E-state index contributed by atoms with van der Waals surface area (Å²) in [7, 11) is 0. The van der Waals surface area contributed by atoms with Crippen molar-refractivity contribution in [3.05, 3.63) is 34.9 Å². The van der Waals surface area contributed by atoms with E-state index in [4.69, 9.17) is 16.3 Å². The van der Waals surface area contributed by atoms with Crippen LogP contribution in [0.2, 0.25) is 5.02 Å². The Labute approximate surface area is 109 Å². The molecule has 3 heteroatoms. The minimum absolute atomic E-state index is 0.172. The smallest absolute Gasteiger partial charge is 0.0754 e. The lowest BCUT2D eigenvalue weighted by Gasteiger charge is -2.26. The van der Waals surface area contributed by atoms with Crippen LogP contribution in [-0.2, 0) is 11.3 Å². The van der Waals surface area contributed by atoms with Crippen LogP contribution < -0.4 is 5.32 Å². The Kier molecular flexibility index (Phi) is 5.96. The summed E-state index contributed by atoms with van der Waals surface area (Å²) in [4.78, 5) is 0. The molecule has 0 aliphatic heterocycles. The van der Waals surface area contributed by atoms with Crippen molar-refractivity contribution < 1.29 is 4.74 Å². The molecule has 0 atom stereocenters. The van der Waals surface area contributed by atoms with Crippen LogP contribution in [0.3, 0.4) is 0 Å². The van der Waals surface area contributed by atoms with Gasteiger partial charge in [-0.1, -0.05) is 36.7 Å². The fourth-order valence-electron chi connectivity index (χ4n) is 1.51. The molecule has 1 rings (SSSR count). The summed E-state index contributed by atoms with van der Waals surface area (Å²) >= 11 is 6.08. The third kappa shape index (κ3) is 5.53. The van der Waals surface area contributed by atoms with E-state index in [0.717, 1.165) is 30.1 Å². The number of halogens is 1. The zero-order valence-electron chi connectivity index (χ0n) is 10.9. The second kappa shape index (κ2) is 7.00. The Morgan fingerprint density at radius 1 is 1.29 bits per heavy atom. The second-order valence-corrected chi connectivity index (χ2v) is 5.22. The monoisotopic (exact) mass is 255 g/mol. The van der Waals surface area contributed by atoms with Crippen molar-refractivity contribution >= 4 is 11.6 Å². The molecule has 0 aliphatic carbocycles. The molecule has 0 amide bonds. The summed E-state index contributed by atoms with van der Waals surface area (Å²) in [6, 6.07) is 7.80. The van der Waals surface area contributed by atoms with Crippen molar-refractivity contribution in [3.63, 3.8) is 0 Å². The number of rotatable bonds is 7. The molecule has 1 aromatic carbocycles. The first-order chi connectivity index (χ1) is 8.05. The third-order valence-electron chi connectivity index (χ3n) is 2.55. The van der Waals surface area contributed by atoms with E-state index in [0.29, 0.717) is 6.61 Å². The molecule has 0 radical (unpaired) electrons. The molecule has 0 spiro atoms. The van der Waals surface area contributed by atoms with Gasteiger partial charge in [-0.05, 0) is 38.4 Å². The van der Waals surface area contributed by atoms with E-state index in [1.165, 1.54) is 0 Å². The first-order valence-electron chi connectivity index (χ1n) is 6.13. The normalized spacial score (nSPS) is 11.8. The molecule has 1 N–H and O–H groups in total. The number of nitrogens with one attached hydrogen (secondary N) is 1. The minimum atomic E-state index is -0.172. The Bertz CT molecular complexity index is 339. The lowest BCUT2D eigenvalue weighted by molar-refractivity contribution is -0.0277. The molecule has 2 nitrogen and oxygen atoms in total. The maximum Gasteiger partial charge on any atom is 0.0754 e. The van der Waals surface area contributed by atoms with Crippen LogP contribution in [0.25, 0.3) is 0 Å². The van der Waals surface area contributed by atoms with Crippen LogP contribution in [0, 0.1) is 0 Å². The van der Waals surface area contributed by atoms with Gasteiger partial charge >= 0.3 is 0 Å². The van der Waals surface area contributed by atoms with Crippen molar-refractivity contribution in [1.29, 1.82) is 0 Å². The van der Waals surface area contributed by atoms with E-state index >= 15 is 0 Å². The molecule has 0 bridgehead atoms. The van der Waals surface area contributed by atoms with Gasteiger partial charge in [-0.25, -0.2) is 0 Å². The molecule has 0 heterocycles. The van der Waals surface area contributed by atoms with Gasteiger partial charge in [-0.15, -0.1) is 0 Å². The molecule has 96 valence electrons. The molecule has 0 aromatic heterocycles. The van der Waals surface area contributed by atoms with Crippen molar-refractivity contribution in [2.45, 2.75) is 39.4 Å². The molecular weight excluding hydrogens is 234 g/mol. The van der Waals surface area contributed by atoms with Gasteiger partial charge in [0.2, 0.25) is 0 Å². The lowest BCUT2D eigenvalue weighted by atomic mass is 10.1. The predicted octanol–water partition coefficient (Wildman–Crippen LogP) is 3.63. The van der Waals surface area contributed by atoms with E-state index in [2.05, 4.69) is 26.1 Å². The van der Waals surface area contributed by atoms with Gasteiger partial charge in [-0.3, -0.25) is 0 Å². The molecule has 0 aliphatic rings. The maximum absolute atomic E-state index is 6.08. The second-order valence-electron chi connectivity index (χ2n) is 4.82. The van der Waals surface area contributed by atoms with Crippen LogP contribution >= 0.6 is 11.6 Å². The van der Waals surface area contributed by atoms with Gasteiger partial charge in [0.25, 0.3) is 0 Å². The number of ether oxygens (including phenoxy) is 1. The van der Waals surface area contributed by atoms with Gasteiger partial charge in [0.15, 0.2) is 0 Å². The number of hydrogen-bond donors (Lipinski definition) is 1. The van der Waals surface area contributed by atoms with Crippen molar-refractivity contribution in [1.82, 2.24) is 5.32 Å². The van der Waals surface area contributed by atoms with Gasteiger partial charge in [0.1, 0.15) is 0 Å². The summed E-state index contributed by atoms with van der Waals surface area (Å²) in [5.41, 5.74) is 0.867. The van der Waals surface area contributed by atoms with E-state index in [-0.39, 0.29) is 5.60 Å². The van der Waals surface area contributed by atoms with Gasteiger partial charge < -0.3 is 10.1 Å². The number of hydrogen-bond acceptors (Lipinski definition) is 2. The first kappa shape index (κ1) is 14.5. The maximum atomic E-state index is 6.08. The highest BCUT2D eigenvalue weighted by Gasteiger charge is 2.18. The molecule has 0 saturated heterocycles. The van der Waals surface area contributed by atoms with Crippen LogP contribution in [0.15, 0.2) is 24.3 Å². The van der Waals surface area contributed by atoms with Crippen LogP contribution in [0.5, 0.6) is 0 Å². The Morgan fingerprint density at radius 3 is 2.65 bits per heavy atom. The van der Waals surface area contributed by atoms with Gasteiger partial charge in [-0.2, -0.15) is 0 Å². The van der Waals surface area contributed by atoms with Crippen LogP contribution in [-0.4, -0.2) is 18.7 Å². The first-order valence-corrected chi connectivity index (χ1v) is 6.51. The summed E-state index contributed by atoms with van der Waals surface area (Å²) in [5.74, 6) is 0. The molecule has 0 saturated carbocycles. The van der Waals surface area contributed by atoms with Crippen molar-refractivity contribution in [2.24, 2.45) is 0 Å². The van der Waals surface area contributed by atoms with E-state index < -0.39 is 0 Å². The highest BCUT2D eigenvalue weighted by molar-refractivity contribution is 6.31. The number of benzene rings is 1. The summed E-state index contributed by atoms with van der Waals surface area (Å²) < 4.78 is 5.90. The standard InChI is InChI=1S/C14H22ClNO/c1-4-9-16-11-14(2,3)17-10-12-7-5-6-8-13(12)15/h5-8,16H,4,9-11H2,1-3H3. The Morgan fingerprint density at radius 2 is 2.00 bits per heavy atom. The topological polar surface area (TPSA) is 21.3 Å². The Hall–Kier alpha value is -0.570. The van der Waals surface area contributed by atoms with Crippen molar-refractivity contribution in [3.8, 4) is 0 Å². The minimum Gasteiger partial charge on any atom is -0.370 e. The third-order valence-corrected chi connectivity index (χ3v) is 2.92. The summed E-state index contributed by atoms with van der Waals surface area (Å²) in [5, 5.41) is 4.14. The molecule has 0 fully saturated rings. The van der Waals surface area contributed by atoms with Gasteiger partial charge in [0.05, 0.1) is 12.2 Å². The van der Waals surface area contributed by atoms with Gasteiger partial charge in [0, 0.05) is 11.6 Å². The van der Waals surface area contributed by atoms with E-state index in [9.17, 15) is 0 Å². The zero-order valence-corrected chi connectivity index (χ0v) is 11.7. The summed E-state index contributed by atoms with van der Waals surface area (Å²) in [6.45, 7) is 8.77. The van der Waals surface area contributed by atoms with Crippen molar-refractivity contribution in [2.75, 3.05) is 13.1 Å². The zero-order chi connectivity index (χ0) is 12.7. The largest absolute Gasteiger partial charge is 0.370 e. The Balaban J connectivity index is 2.41. The fourth-order valence-corrected chi connectivity index (χ4v) is 1.70. The highest BCUT2D eigenvalue weighted by atomic mass is 35.5. The summed E-state index contributed by atoms with van der Waals surface area (Å²) in [6.07, 6.45) is 1.14. The molecule has 17 heavy (non-hydrogen) atoms.